The maximum atomic E-state index is 14.2. The van der Waals surface area contributed by atoms with Crippen molar-refractivity contribution in [1.82, 2.24) is 19.8 Å². The molecule has 3 aromatic rings. The number of hydrogen-bond donors (Lipinski definition) is 1. The summed E-state index contributed by atoms with van der Waals surface area (Å²) in [5.41, 5.74) is 2.14. The van der Waals surface area contributed by atoms with Gasteiger partial charge in [0.2, 0.25) is 5.91 Å². The molecular formula is C29H35FN4O2. The van der Waals surface area contributed by atoms with E-state index in [1.165, 1.54) is 18.9 Å². The smallest absolute Gasteiger partial charge is 0.231 e. The van der Waals surface area contributed by atoms with Crippen LogP contribution in [0.1, 0.15) is 63.1 Å². The van der Waals surface area contributed by atoms with E-state index < -0.39 is 0 Å². The zero-order valence-corrected chi connectivity index (χ0v) is 20.9. The third-order valence-corrected chi connectivity index (χ3v) is 8.91. The van der Waals surface area contributed by atoms with E-state index in [2.05, 4.69) is 38.8 Å². The second-order valence-corrected chi connectivity index (χ2v) is 10.9. The molecule has 2 unspecified atom stereocenters. The summed E-state index contributed by atoms with van der Waals surface area (Å²) >= 11 is 0. The summed E-state index contributed by atoms with van der Waals surface area (Å²) in [6, 6.07) is 16.9. The Morgan fingerprint density at radius 1 is 1.11 bits per heavy atom. The summed E-state index contributed by atoms with van der Waals surface area (Å²) in [5.74, 6) is -0.134. The number of aromatic nitrogens is 2. The molecule has 7 heteroatoms. The molecule has 3 fully saturated rings. The van der Waals surface area contributed by atoms with Gasteiger partial charge < -0.3 is 14.6 Å². The third kappa shape index (κ3) is 4.12. The Kier molecular flexibility index (Phi) is 6.30. The van der Waals surface area contributed by atoms with Gasteiger partial charge in [-0.05, 0) is 56.2 Å². The topological polar surface area (TPSA) is 59.4 Å². The van der Waals surface area contributed by atoms with E-state index in [1.54, 1.807) is 6.07 Å². The molecule has 0 radical (unpaired) electrons. The van der Waals surface area contributed by atoms with Gasteiger partial charge in [-0.1, -0.05) is 43.3 Å². The zero-order valence-electron chi connectivity index (χ0n) is 20.9. The van der Waals surface area contributed by atoms with Crippen LogP contribution in [0.15, 0.2) is 54.9 Å². The van der Waals surface area contributed by atoms with Crippen LogP contribution in [0.3, 0.4) is 0 Å². The van der Waals surface area contributed by atoms with Crippen molar-refractivity contribution in [3.63, 3.8) is 0 Å². The summed E-state index contributed by atoms with van der Waals surface area (Å²) in [6.45, 7) is 4.05. The van der Waals surface area contributed by atoms with Crippen LogP contribution < -0.4 is 5.32 Å². The lowest BCUT2D eigenvalue weighted by atomic mass is 9.81. The van der Waals surface area contributed by atoms with Gasteiger partial charge >= 0.3 is 0 Å². The number of para-hydroxylation sites is 1. The minimum atomic E-state index is -0.378. The summed E-state index contributed by atoms with van der Waals surface area (Å²) < 4.78 is 21.8. The molecule has 3 atom stereocenters. The molecule has 3 saturated heterocycles. The molecule has 3 aliphatic rings. The first-order valence-electron chi connectivity index (χ1n) is 13.4. The number of nitrogens with one attached hydrogen (secondary N) is 1. The Morgan fingerprint density at radius 3 is 2.53 bits per heavy atom. The van der Waals surface area contributed by atoms with Gasteiger partial charge in [0.25, 0.3) is 0 Å². The molecule has 1 aromatic heterocycles. The Morgan fingerprint density at radius 2 is 1.86 bits per heavy atom. The van der Waals surface area contributed by atoms with E-state index in [4.69, 9.17) is 4.74 Å². The van der Waals surface area contributed by atoms with E-state index in [0.29, 0.717) is 36.9 Å². The quantitative estimate of drug-likeness (QED) is 0.482. The first-order valence-corrected chi connectivity index (χ1v) is 13.4. The lowest BCUT2D eigenvalue weighted by molar-refractivity contribution is -0.163. The predicted octanol–water partition coefficient (Wildman–Crippen LogP) is 5.02. The lowest BCUT2D eigenvalue weighted by Crippen LogP contribution is -2.54. The van der Waals surface area contributed by atoms with Gasteiger partial charge in [-0.2, -0.15) is 0 Å². The second-order valence-electron chi connectivity index (χ2n) is 10.9. The maximum absolute atomic E-state index is 14.2. The molecule has 0 spiro atoms. The Balaban J connectivity index is 1.15. The van der Waals surface area contributed by atoms with Crippen molar-refractivity contribution in [2.75, 3.05) is 19.8 Å². The largest absolute Gasteiger partial charge is 0.379 e. The van der Waals surface area contributed by atoms with Gasteiger partial charge in [-0.25, -0.2) is 9.37 Å². The normalized spacial score (nSPS) is 26.0. The van der Waals surface area contributed by atoms with Crippen molar-refractivity contribution in [3.8, 4) is 0 Å². The average molecular weight is 491 g/mol. The van der Waals surface area contributed by atoms with Crippen LogP contribution in [-0.2, 0) is 9.53 Å². The van der Waals surface area contributed by atoms with E-state index in [-0.39, 0.29) is 23.2 Å². The highest BCUT2D eigenvalue weighted by molar-refractivity contribution is 5.84. The van der Waals surface area contributed by atoms with Gasteiger partial charge in [0, 0.05) is 24.7 Å². The number of carbonyl (C=O) groups is 1. The summed E-state index contributed by atoms with van der Waals surface area (Å²) in [5, 5.41) is 3.38. The maximum Gasteiger partial charge on any atom is 0.231 e. The van der Waals surface area contributed by atoms with Crippen molar-refractivity contribution < 1.29 is 13.9 Å². The van der Waals surface area contributed by atoms with Crippen molar-refractivity contribution in [2.45, 2.75) is 69.6 Å². The van der Waals surface area contributed by atoms with Gasteiger partial charge in [-0.15, -0.1) is 0 Å². The SMILES string of the molecule is CCC1(C(=O)N[C@@H](CCN2C3CCC2CC(n2cnc4c(F)cccc42)C3)c2ccccc2)COC1. The van der Waals surface area contributed by atoms with E-state index in [9.17, 15) is 9.18 Å². The van der Waals surface area contributed by atoms with Crippen LogP contribution in [0.5, 0.6) is 0 Å². The molecule has 3 aliphatic heterocycles. The number of piperidine rings is 1. The molecule has 0 saturated carbocycles. The molecule has 2 bridgehead atoms. The van der Waals surface area contributed by atoms with Crippen LogP contribution in [-0.4, -0.2) is 52.2 Å². The number of halogens is 1. The van der Waals surface area contributed by atoms with Crippen LogP contribution in [0.25, 0.3) is 11.0 Å². The number of benzene rings is 2. The van der Waals surface area contributed by atoms with Crippen LogP contribution >= 0.6 is 0 Å². The highest BCUT2D eigenvalue weighted by atomic mass is 19.1. The molecule has 4 heterocycles. The van der Waals surface area contributed by atoms with E-state index >= 15 is 0 Å². The Hall–Kier alpha value is -2.77. The van der Waals surface area contributed by atoms with Crippen molar-refractivity contribution in [1.29, 1.82) is 0 Å². The van der Waals surface area contributed by atoms with Gasteiger partial charge in [-0.3, -0.25) is 9.69 Å². The fraction of sp³-hybridized carbons (Fsp3) is 0.517. The number of amides is 1. The molecule has 36 heavy (non-hydrogen) atoms. The summed E-state index contributed by atoms with van der Waals surface area (Å²) in [6.07, 6.45) is 8.00. The molecule has 6 rings (SSSR count). The highest BCUT2D eigenvalue weighted by Gasteiger charge is 2.45. The number of carbonyl (C=O) groups excluding carboxylic acids is 1. The number of imidazole rings is 1. The fourth-order valence-electron chi connectivity index (χ4n) is 6.59. The lowest BCUT2D eigenvalue weighted by Gasteiger charge is -2.41. The number of ether oxygens (including phenoxy) is 1. The Bertz CT molecular complexity index is 1200. The third-order valence-electron chi connectivity index (χ3n) is 8.91. The first-order chi connectivity index (χ1) is 17.6. The monoisotopic (exact) mass is 490 g/mol. The van der Waals surface area contributed by atoms with Crippen molar-refractivity contribution >= 4 is 16.9 Å². The number of hydrogen-bond acceptors (Lipinski definition) is 4. The minimum absolute atomic E-state index is 0.0135. The van der Waals surface area contributed by atoms with Crippen LogP contribution in [0.2, 0.25) is 0 Å². The van der Waals surface area contributed by atoms with Gasteiger partial charge in [0.15, 0.2) is 5.82 Å². The number of fused-ring (bicyclic) bond motifs is 3. The summed E-state index contributed by atoms with van der Waals surface area (Å²) in [4.78, 5) is 20.3. The first kappa shape index (κ1) is 23.6. The van der Waals surface area contributed by atoms with Crippen LogP contribution in [0, 0.1) is 11.2 Å². The van der Waals surface area contributed by atoms with Gasteiger partial charge in [0.05, 0.1) is 36.5 Å². The minimum Gasteiger partial charge on any atom is -0.379 e. The number of nitrogens with zero attached hydrogens (tertiary/aromatic N) is 3. The number of rotatable bonds is 8. The predicted molar refractivity (Wildman–Crippen MR) is 137 cm³/mol. The van der Waals surface area contributed by atoms with Crippen molar-refractivity contribution in [3.05, 3.63) is 66.2 Å². The molecule has 1 amide bonds. The standard InChI is InChI=1S/C29H35FN4O2/c1-2-29(17-36-18-29)28(35)32-25(20-7-4-3-5-8-20)13-14-33-21-11-12-22(33)16-23(15-21)34-19-31-27-24(30)9-6-10-26(27)34/h3-10,19,21-23,25H,2,11-18H2,1H3,(H,32,35)/t21?,22?,23?,25-/m0/s1. The molecule has 2 aromatic carbocycles. The molecule has 1 N–H and O–H groups in total. The fourth-order valence-corrected chi connectivity index (χ4v) is 6.59. The Labute approximate surface area is 211 Å². The molecule has 0 aliphatic carbocycles. The molecule has 190 valence electrons. The van der Waals surface area contributed by atoms with Gasteiger partial charge in [0.1, 0.15) is 5.52 Å². The summed E-state index contributed by atoms with van der Waals surface area (Å²) in [7, 11) is 0. The second kappa shape index (κ2) is 9.60. The zero-order chi connectivity index (χ0) is 24.7. The van der Waals surface area contributed by atoms with E-state index in [1.807, 2.05) is 30.6 Å². The van der Waals surface area contributed by atoms with Crippen LogP contribution in [0.4, 0.5) is 4.39 Å². The molecule has 6 nitrogen and oxygen atoms in total. The molecular weight excluding hydrogens is 455 g/mol. The van der Waals surface area contributed by atoms with Crippen molar-refractivity contribution in [2.24, 2.45) is 5.41 Å². The van der Waals surface area contributed by atoms with E-state index in [0.717, 1.165) is 43.3 Å². The highest BCUT2D eigenvalue weighted by Crippen LogP contribution is 2.42. The average Bonchev–Trinajstić information content (AvgIpc) is 3.40.